The average molecular weight is 446 g/mol. The molecule has 0 saturated carbocycles. The molecular weight excluding hydrogens is 417 g/mol. The molecule has 0 bridgehead atoms. The van der Waals surface area contributed by atoms with E-state index in [2.05, 4.69) is 24.0 Å². The van der Waals surface area contributed by atoms with Gasteiger partial charge in [0.1, 0.15) is 5.82 Å². The molecule has 7 heteroatoms. The van der Waals surface area contributed by atoms with Crippen LogP contribution in [0.4, 0.5) is 9.52 Å². The van der Waals surface area contributed by atoms with E-state index in [4.69, 9.17) is 4.98 Å². The summed E-state index contributed by atoms with van der Waals surface area (Å²) in [4.78, 5) is 22.7. The largest absolute Gasteiger partial charge is 0.308 e. The highest BCUT2D eigenvalue weighted by Crippen LogP contribution is 2.30. The van der Waals surface area contributed by atoms with Gasteiger partial charge in [-0.15, -0.1) is 11.8 Å². The molecule has 0 radical (unpaired) electrons. The van der Waals surface area contributed by atoms with Gasteiger partial charge in [0.25, 0.3) is 0 Å². The van der Waals surface area contributed by atoms with Crippen LogP contribution in [0.5, 0.6) is 0 Å². The van der Waals surface area contributed by atoms with Crippen molar-refractivity contribution in [2.75, 3.05) is 37.8 Å². The van der Waals surface area contributed by atoms with Gasteiger partial charge in [-0.25, -0.2) is 9.37 Å². The Morgan fingerprint density at radius 2 is 1.90 bits per heavy atom. The number of aromatic nitrogens is 1. The van der Waals surface area contributed by atoms with Crippen LogP contribution in [0, 0.1) is 5.82 Å². The quantitative estimate of drug-likeness (QED) is 0.306. The van der Waals surface area contributed by atoms with Crippen molar-refractivity contribution >= 4 is 44.4 Å². The molecule has 160 valence electrons. The zero-order chi connectivity index (χ0) is 21.5. The van der Waals surface area contributed by atoms with Crippen molar-refractivity contribution in [3.63, 3.8) is 0 Å². The van der Waals surface area contributed by atoms with E-state index in [0.29, 0.717) is 13.0 Å². The van der Waals surface area contributed by atoms with Crippen LogP contribution in [0.15, 0.2) is 47.4 Å². The Labute approximate surface area is 186 Å². The number of aryl methyl sites for hydroxylation is 1. The molecule has 4 nitrogen and oxygen atoms in total. The number of fused-ring (bicyclic) bond motifs is 1. The zero-order valence-corrected chi connectivity index (χ0v) is 19.4. The zero-order valence-electron chi connectivity index (χ0n) is 17.7. The van der Waals surface area contributed by atoms with E-state index < -0.39 is 0 Å². The summed E-state index contributed by atoms with van der Waals surface area (Å²) >= 11 is 3.23. The molecule has 0 atom stereocenters. The van der Waals surface area contributed by atoms with Gasteiger partial charge in [-0.2, -0.15) is 0 Å². The fourth-order valence-corrected chi connectivity index (χ4v) is 4.92. The van der Waals surface area contributed by atoms with Gasteiger partial charge in [-0.1, -0.05) is 24.3 Å². The van der Waals surface area contributed by atoms with Crippen molar-refractivity contribution < 1.29 is 9.18 Å². The Morgan fingerprint density at radius 1 is 1.13 bits per heavy atom. The molecule has 0 aliphatic heterocycles. The maximum Gasteiger partial charge on any atom is 0.228 e. The van der Waals surface area contributed by atoms with E-state index in [-0.39, 0.29) is 11.7 Å². The number of nitrogens with zero attached hydrogens (tertiary/aromatic N) is 3. The maximum absolute atomic E-state index is 13.0. The van der Waals surface area contributed by atoms with Crippen LogP contribution in [0.1, 0.15) is 25.3 Å². The molecule has 0 N–H and O–H groups in total. The lowest BCUT2D eigenvalue weighted by Gasteiger charge is -2.22. The molecule has 0 saturated heterocycles. The summed E-state index contributed by atoms with van der Waals surface area (Å²) in [7, 11) is 4.02. The van der Waals surface area contributed by atoms with E-state index in [1.165, 1.54) is 17.7 Å². The lowest BCUT2D eigenvalue weighted by atomic mass is 10.2. The fraction of sp³-hybridized carbons (Fsp3) is 0.391. The fourth-order valence-electron chi connectivity index (χ4n) is 3.00. The minimum atomic E-state index is -0.229. The monoisotopic (exact) mass is 445 g/mol. The number of carbonyl (C=O) groups is 1. The van der Waals surface area contributed by atoms with Gasteiger partial charge in [0, 0.05) is 24.4 Å². The summed E-state index contributed by atoms with van der Waals surface area (Å²) in [6, 6.07) is 12.8. The number of hydrogen-bond acceptors (Lipinski definition) is 5. The van der Waals surface area contributed by atoms with Crippen LogP contribution in [-0.2, 0) is 11.2 Å². The van der Waals surface area contributed by atoms with Crippen molar-refractivity contribution in [2.24, 2.45) is 0 Å². The molecule has 1 heterocycles. The number of benzene rings is 2. The number of rotatable bonds is 10. The van der Waals surface area contributed by atoms with Crippen molar-refractivity contribution in [1.29, 1.82) is 0 Å². The van der Waals surface area contributed by atoms with E-state index in [9.17, 15) is 9.18 Å². The highest BCUT2D eigenvalue weighted by atomic mass is 32.2. The third-order valence-corrected chi connectivity index (χ3v) is 6.91. The Kier molecular flexibility index (Phi) is 8.24. The first-order valence-corrected chi connectivity index (χ1v) is 12.0. The van der Waals surface area contributed by atoms with Crippen LogP contribution in [0.2, 0.25) is 0 Å². The smallest absolute Gasteiger partial charge is 0.228 e. The maximum atomic E-state index is 13.0. The standard InChI is InChI=1S/C23H28FN3OS2/c1-4-17-7-12-20-21(16-17)30-23(25-20)27(14-13-26(2)3)22(28)6-5-15-29-19-10-8-18(24)9-11-19/h7-12,16H,4-6,13-15H2,1-3H3. The van der Waals surface area contributed by atoms with Crippen molar-refractivity contribution in [3.8, 4) is 0 Å². The van der Waals surface area contributed by atoms with Crippen LogP contribution in [0.25, 0.3) is 10.2 Å². The molecule has 1 amide bonds. The molecule has 0 aliphatic carbocycles. The minimum Gasteiger partial charge on any atom is -0.308 e. The first-order valence-electron chi connectivity index (χ1n) is 10.2. The highest BCUT2D eigenvalue weighted by molar-refractivity contribution is 7.99. The summed E-state index contributed by atoms with van der Waals surface area (Å²) < 4.78 is 14.1. The van der Waals surface area contributed by atoms with Gasteiger partial charge in [0.15, 0.2) is 5.13 Å². The molecule has 2 aromatic carbocycles. The minimum absolute atomic E-state index is 0.103. The van der Waals surface area contributed by atoms with E-state index in [1.807, 2.05) is 25.1 Å². The third kappa shape index (κ3) is 6.27. The number of hydrogen-bond donors (Lipinski definition) is 0. The average Bonchev–Trinajstić information content (AvgIpc) is 3.15. The summed E-state index contributed by atoms with van der Waals surface area (Å²) in [5.74, 6) is 0.692. The SMILES string of the molecule is CCc1ccc2nc(N(CCN(C)C)C(=O)CCCSc3ccc(F)cc3)sc2c1. The van der Waals surface area contributed by atoms with Crippen LogP contribution < -0.4 is 4.90 Å². The van der Waals surface area contributed by atoms with E-state index >= 15 is 0 Å². The highest BCUT2D eigenvalue weighted by Gasteiger charge is 2.19. The molecule has 30 heavy (non-hydrogen) atoms. The topological polar surface area (TPSA) is 36.4 Å². The predicted molar refractivity (Wildman–Crippen MR) is 126 cm³/mol. The molecule has 0 fully saturated rings. The first-order chi connectivity index (χ1) is 14.5. The number of anilines is 1. The van der Waals surface area contributed by atoms with Crippen LogP contribution in [-0.4, -0.2) is 48.7 Å². The van der Waals surface area contributed by atoms with Crippen LogP contribution in [0.3, 0.4) is 0 Å². The normalized spacial score (nSPS) is 11.4. The van der Waals surface area contributed by atoms with Gasteiger partial charge in [0.2, 0.25) is 5.91 Å². The van der Waals surface area contributed by atoms with Gasteiger partial charge < -0.3 is 4.90 Å². The van der Waals surface area contributed by atoms with Gasteiger partial charge in [-0.3, -0.25) is 9.69 Å². The van der Waals surface area contributed by atoms with Crippen molar-refractivity contribution in [2.45, 2.75) is 31.1 Å². The molecule has 0 unspecified atom stereocenters. The van der Waals surface area contributed by atoms with Crippen LogP contribution >= 0.6 is 23.1 Å². The lowest BCUT2D eigenvalue weighted by Crippen LogP contribution is -2.36. The van der Waals surface area contributed by atoms with Crippen molar-refractivity contribution in [1.82, 2.24) is 9.88 Å². The number of amides is 1. The van der Waals surface area contributed by atoms with Gasteiger partial charge in [-0.05, 0) is 74.7 Å². The molecule has 1 aromatic heterocycles. The Balaban J connectivity index is 1.64. The molecule has 0 spiro atoms. The second kappa shape index (κ2) is 10.9. The third-order valence-electron chi connectivity index (χ3n) is 4.77. The summed E-state index contributed by atoms with van der Waals surface area (Å²) in [5, 5.41) is 0.774. The predicted octanol–water partition coefficient (Wildman–Crippen LogP) is 5.46. The molecule has 3 aromatic rings. The number of halogens is 1. The second-order valence-corrected chi connectivity index (χ2v) is 9.58. The summed E-state index contributed by atoms with van der Waals surface area (Å²) in [6.45, 7) is 3.55. The van der Waals surface area contributed by atoms with Gasteiger partial charge >= 0.3 is 0 Å². The Morgan fingerprint density at radius 3 is 2.60 bits per heavy atom. The Bertz CT molecular complexity index is 972. The van der Waals surface area contributed by atoms with Crippen molar-refractivity contribution in [3.05, 3.63) is 53.8 Å². The Hall–Kier alpha value is -1.96. The molecular formula is C23H28FN3OS2. The molecule has 3 rings (SSSR count). The number of likely N-dealkylation sites (N-methyl/N-ethyl adjacent to an activating group) is 1. The number of thiazole rings is 1. The number of thioether (sulfide) groups is 1. The van der Waals surface area contributed by atoms with E-state index in [0.717, 1.165) is 45.4 Å². The molecule has 0 aliphatic rings. The van der Waals surface area contributed by atoms with E-state index in [1.54, 1.807) is 35.2 Å². The first kappa shape index (κ1) is 22.7. The second-order valence-electron chi connectivity index (χ2n) is 7.41. The summed E-state index contributed by atoms with van der Waals surface area (Å²) in [6.07, 6.45) is 2.22. The lowest BCUT2D eigenvalue weighted by molar-refractivity contribution is -0.118. The number of carbonyl (C=O) groups excluding carboxylic acids is 1. The van der Waals surface area contributed by atoms with Gasteiger partial charge in [0.05, 0.1) is 10.2 Å². The summed E-state index contributed by atoms with van der Waals surface area (Å²) in [5.41, 5.74) is 2.23.